The van der Waals surface area contributed by atoms with Crippen molar-refractivity contribution < 1.29 is 0 Å². The summed E-state index contributed by atoms with van der Waals surface area (Å²) in [5, 5.41) is 0. The highest BCUT2D eigenvalue weighted by Gasteiger charge is 2.37. The Morgan fingerprint density at radius 3 is 2.80 bits per heavy atom. The summed E-state index contributed by atoms with van der Waals surface area (Å²) in [6.07, 6.45) is 7.98. The van der Waals surface area contributed by atoms with Gasteiger partial charge in [0.25, 0.3) is 0 Å². The van der Waals surface area contributed by atoms with Gasteiger partial charge in [0.05, 0.1) is 0 Å². The van der Waals surface area contributed by atoms with Gasteiger partial charge in [0.2, 0.25) is 0 Å². The van der Waals surface area contributed by atoms with Crippen molar-refractivity contribution in [3.8, 4) is 0 Å². The third kappa shape index (κ3) is 2.04. The molecule has 0 radical (unpaired) electrons. The van der Waals surface area contributed by atoms with E-state index >= 15 is 0 Å². The van der Waals surface area contributed by atoms with E-state index in [1.54, 1.807) is 5.57 Å². The lowest BCUT2D eigenvalue weighted by Crippen LogP contribution is -2.33. The van der Waals surface area contributed by atoms with Crippen LogP contribution >= 0.6 is 0 Å². The molecule has 0 amide bonds. The fourth-order valence-corrected chi connectivity index (χ4v) is 3.64. The number of hydrogen-bond donors (Lipinski definition) is 0. The Bertz CT molecular complexity index is 282. The topological polar surface area (TPSA) is 0 Å². The molecule has 0 aromatic rings. The zero-order valence-electron chi connectivity index (χ0n) is 10.4. The Labute approximate surface area is 94.5 Å². The number of allylic oxidation sites excluding steroid dienone is 3. The van der Waals surface area contributed by atoms with Crippen LogP contribution < -0.4 is 0 Å². The molecule has 0 aromatic carbocycles. The highest BCUT2D eigenvalue weighted by molar-refractivity contribution is 5.17. The predicted molar refractivity (Wildman–Crippen MR) is 66.7 cm³/mol. The van der Waals surface area contributed by atoms with Crippen molar-refractivity contribution in [2.75, 3.05) is 0 Å². The molecule has 0 bridgehead atoms. The molecule has 0 spiro atoms. The van der Waals surface area contributed by atoms with Crippen molar-refractivity contribution in [3.05, 3.63) is 23.8 Å². The van der Waals surface area contributed by atoms with E-state index in [4.69, 9.17) is 0 Å². The summed E-state index contributed by atoms with van der Waals surface area (Å²) >= 11 is 0. The summed E-state index contributed by atoms with van der Waals surface area (Å²) in [6, 6.07) is 0. The second kappa shape index (κ2) is 4.15. The van der Waals surface area contributed by atoms with Gasteiger partial charge in [-0.2, -0.15) is 0 Å². The van der Waals surface area contributed by atoms with E-state index in [0.29, 0.717) is 0 Å². The molecular weight excluding hydrogens is 180 g/mol. The van der Waals surface area contributed by atoms with Gasteiger partial charge in [0.1, 0.15) is 0 Å². The van der Waals surface area contributed by atoms with Crippen LogP contribution in [0, 0.1) is 23.7 Å². The van der Waals surface area contributed by atoms with E-state index < -0.39 is 0 Å². The van der Waals surface area contributed by atoms with Gasteiger partial charge in [0.15, 0.2) is 0 Å². The minimum atomic E-state index is 0.765. The Kier molecular flexibility index (Phi) is 3.04. The average molecular weight is 204 g/mol. The molecule has 0 aliphatic heterocycles. The highest BCUT2D eigenvalue weighted by atomic mass is 14.4. The Hall–Kier alpha value is -0.520. The van der Waals surface area contributed by atoms with Gasteiger partial charge in [-0.05, 0) is 56.8 Å². The molecule has 15 heavy (non-hydrogen) atoms. The number of rotatable bonds is 1. The van der Waals surface area contributed by atoms with E-state index in [9.17, 15) is 0 Å². The number of hydrogen-bond acceptors (Lipinski definition) is 0. The normalized spacial score (nSPS) is 40.6. The SMILES string of the molecule is C=C(C)[C@@H]1CC=C(C)[C@@H]2CC[C@H](C)C[C@@H]12. The standard InChI is InChI=1S/C15H24/c1-10(2)13-8-6-12(4)14-7-5-11(3)9-15(13)14/h6,11,13-15H,1,5,7-9H2,2-4H3/t11-,13-,14-,15-/m0/s1. The largest absolute Gasteiger partial charge is 0.0998 e. The Balaban J connectivity index is 2.21. The molecule has 4 atom stereocenters. The molecule has 84 valence electrons. The summed E-state index contributed by atoms with van der Waals surface area (Å²) in [5.74, 6) is 3.47. The molecule has 2 aliphatic carbocycles. The highest BCUT2D eigenvalue weighted by Crippen LogP contribution is 2.47. The summed E-state index contributed by atoms with van der Waals surface area (Å²) in [6.45, 7) is 11.2. The van der Waals surface area contributed by atoms with Crippen LogP contribution in [-0.2, 0) is 0 Å². The average Bonchev–Trinajstić information content (AvgIpc) is 2.17. The van der Waals surface area contributed by atoms with Crippen LogP contribution in [0.5, 0.6) is 0 Å². The molecule has 0 aromatic heterocycles. The summed E-state index contributed by atoms with van der Waals surface area (Å²) in [7, 11) is 0. The third-order valence-corrected chi connectivity index (χ3v) is 4.59. The number of fused-ring (bicyclic) bond motifs is 1. The van der Waals surface area contributed by atoms with Crippen LogP contribution in [0.3, 0.4) is 0 Å². The van der Waals surface area contributed by atoms with Crippen LogP contribution in [0.4, 0.5) is 0 Å². The molecule has 0 heteroatoms. The summed E-state index contributed by atoms with van der Waals surface area (Å²) in [5.41, 5.74) is 3.06. The van der Waals surface area contributed by atoms with E-state index in [1.165, 1.54) is 31.3 Å². The smallest absolute Gasteiger partial charge is 0.0140 e. The predicted octanol–water partition coefficient (Wildman–Crippen LogP) is 4.58. The Morgan fingerprint density at radius 1 is 1.40 bits per heavy atom. The van der Waals surface area contributed by atoms with Crippen molar-refractivity contribution >= 4 is 0 Å². The molecular formula is C15H24. The minimum absolute atomic E-state index is 0.765. The second-order valence-electron chi connectivity index (χ2n) is 5.83. The minimum Gasteiger partial charge on any atom is -0.0998 e. The molecule has 0 saturated heterocycles. The lowest BCUT2D eigenvalue weighted by Gasteiger charge is -2.43. The molecule has 0 nitrogen and oxygen atoms in total. The second-order valence-corrected chi connectivity index (χ2v) is 5.83. The monoisotopic (exact) mass is 204 g/mol. The van der Waals surface area contributed by atoms with E-state index in [1.807, 2.05) is 0 Å². The first kappa shape index (κ1) is 11.0. The summed E-state index contributed by atoms with van der Waals surface area (Å²) < 4.78 is 0. The van der Waals surface area contributed by atoms with Crippen molar-refractivity contribution in [2.45, 2.75) is 46.5 Å². The third-order valence-electron chi connectivity index (χ3n) is 4.59. The zero-order valence-corrected chi connectivity index (χ0v) is 10.4. The van der Waals surface area contributed by atoms with Gasteiger partial charge in [0, 0.05) is 0 Å². The maximum Gasteiger partial charge on any atom is -0.0140 e. The van der Waals surface area contributed by atoms with Crippen LogP contribution in [0.15, 0.2) is 23.8 Å². The first-order chi connectivity index (χ1) is 7.09. The van der Waals surface area contributed by atoms with Crippen molar-refractivity contribution in [1.82, 2.24) is 0 Å². The first-order valence-electron chi connectivity index (χ1n) is 6.41. The summed E-state index contributed by atoms with van der Waals surface area (Å²) in [4.78, 5) is 0. The lowest BCUT2D eigenvalue weighted by molar-refractivity contribution is 0.156. The zero-order chi connectivity index (χ0) is 11.0. The van der Waals surface area contributed by atoms with Crippen LogP contribution in [-0.4, -0.2) is 0 Å². The molecule has 2 aliphatic rings. The molecule has 0 N–H and O–H groups in total. The maximum atomic E-state index is 4.19. The van der Waals surface area contributed by atoms with Gasteiger partial charge in [-0.1, -0.05) is 37.1 Å². The van der Waals surface area contributed by atoms with Gasteiger partial charge in [-0.15, -0.1) is 0 Å². The maximum absolute atomic E-state index is 4.19. The van der Waals surface area contributed by atoms with E-state index in [-0.39, 0.29) is 0 Å². The molecule has 0 unspecified atom stereocenters. The van der Waals surface area contributed by atoms with Crippen molar-refractivity contribution in [3.63, 3.8) is 0 Å². The Morgan fingerprint density at radius 2 is 2.13 bits per heavy atom. The van der Waals surface area contributed by atoms with Crippen LogP contribution in [0.25, 0.3) is 0 Å². The van der Waals surface area contributed by atoms with Gasteiger partial charge in [-0.25, -0.2) is 0 Å². The lowest BCUT2D eigenvalue weighted by atomic mass is 9.62. The fourth-order valence-electron chi connectivity index (χ4n) is 3.64. The molecule has 0 heterocycles. The van der Waals surface area contributed by atoms with Gasteiger partial charge < -0.3 is 0 Å². The first-order valence-corrected chi connectivity index (χ1v) is 6.41. The van der Waals surface area contributed by atoms with Gasteiger partial charge in [-0.3, -0.25) is 0 Å². The van der Waals surface area contributed by atoms with Crippen molar-refractivity contribution in [1.29, 1.82) is 0 Å². The van der Waals surface area contributed by atoms with Crippen LogP contribution in [0.1, 0.15) is 46.5 Å². The molecule has 1 fully saturated rings. The van der Waals surface area contributed by atoms with Gasteiger partial charge >= 0.3 is 0 Å². The van der Waals surface area contributed by atoms with Crippen molar-refractivity contribution in [2.24, 2.45) is 23.7 Å². The quantitative estimate of drug-likeness (QED) is 0.548. The van der Waals surface area contributed by atoms with Crippen LogP contribution in [0.2, 0.25) is 0 Å². The fraction of sp³-hybridized carbons (Fsp3) is 0.733. The molecule has 2 rings (SSSR count). The van der Waals surface area contributed by atoms with E-state index in [2.05, 4.69) is 33.4 Å². The van der Waals surface area contributed by atoms with E-state index in [0.717, 1.165) is 23.7 Å². The molecule has 1 saturated carbocycles.